The molecule has 2 rings (SSSR count). The minimum atomic E-state index is -0.0584. The maximum absolute atomic E-state index is 11.9. The summed E-state index contributed by atoms with van der Waals surface area (Å²) in [5.74, 6) is 3.03. The summed E-state index contributed by atoms with van der Waals surface area (Å²) < 4.78 is 6.75. The van der Waals surface area contributed by atoms with Gasteiger partial charge in [0, 0.05) is 35.0 Å². The monoisotopic (exact) mass is 372 g/mol. The van der Waals surface area contributed by atoms with E-state index in [-0.39, 0.29) is 12.0 Å². The molecule has 0 saturated carbocycles. The molecule has 2 atom stereocenters. The molecule has 0 spiro atoms. The number of benzene rings is 1. The Bertz CT molecular complexity index is 467. The van der Waals surface area contributed by atoms with Gasteiger partial charge in [-0.1, -0.05) is 22.0 Å². The molecule has 1 fully saturated rings. The Kier molecular flexibility index (Phi) is 6.86. The summed E-state index contributed by atoms with van der Waals surface area (Å²) in [6, 6.07) is 8.00. The van der Waals surface area contributed by atoms with Gasteiger partial charge in [0.1, 0.15) is 11.9 Å². The highest BCUT2D eigenvalue weighted by Crippen LogP contribution is 2.18. The van der Waals surface area contributed by atoms with Gasteiger partial charge in [0.25, 0.3) is 0 Å². The minimum absolute atomic E-state index is 0.0584. The quantitative estimate of drug-likeness (QED) is 0.804. The van der Waals surface area contributed by atoms with Crippen molar-refractivity contribution in [2.24, 2.45) is 0 Å². The van der Waals surface area contributed by atoms with E-state index in [9.17, 15) is 4.79 Å². The van der Waals surface area contributed by atoms with Crippen LogP contribution in [-0.2, 0) is 4.79 Å². The lowest BCUT2D eigenvalue weighted by atomic mass is 10.2. The fraction of sp³-hybridized carbons (Fsp3) is 0.533. The molecule has 2 N–H and O–H groups in total. The van der Waals surface area contributed by atoms with Gasteiger partial charge in [-0.25, -0.2) is 0 Å². The Morgan fingerprint density at radius 2 is 2.48 bits per heavy atom. The summed E-state index contributed by atoms with van der Waals surface area (Å²) in [5.41, 5.74) is 0. The Labute approximate surface area is 138 Å². The van der Waals surface area contributed by atoms with E-state index in [4.69, 9.17) is 4.74 Å². The van der Waals surface area contributed by atoms with Crippen molar-refractivity contribution in [3.05, 3.63) is 28.7 Å². The second-order valence-corrected chi connectivity index (χ2v) is 7.19. The van der Waals surface area contributed by atoms with Crippen LogP contribution in [0.4, 0.5) is 0 Å². The molecule has 6 heteroatoms. The number of hydrogen-bond acceptors (Lipinski definition) is 4. The number of hydrogen-bond donors (Lipinski definition) is 2. The number of rotatable bonds is 6. The predicted octanol–water partition coefficient (Wildman–Crippen LogP) is 2.43. The van der Waals surface area contributed by atoms with Crippen molar-refractivity contribution in [3.8, 4) is 5.75 Å². The molecule has 1 aliphatic heterocycles. The molecule has 1 saturated heterocycles. The van der Waals surface area contributed by atoms with E-state index < -0.39 is 0 Å². The second kappa shape index (κ2) is 8.66. The highest BCUT2D eigenvalue weighted by molar-refractivity contribution is 9.10. The first kappa shape index (κ1) is 16.6. The summed E-state index contributed by atoms with van der Waals surface area (Å²) in [5, 5.41) is 6.31. The summed E-state index contributed by atoms with van der Waals surface area (Å²) in [4.78, 5) is 11.9. The number of carbonyl (C=O) groups excluding carboxylic acids is 1. The first-order valence-electron chi connectivity index (χ1n) is 7.13. The van der Waals surface area contributed by atoms with Crippen LogP contribution in [0.1, 0.15) is 13.3 Å². The highest BCUT2D eigenvalue weighted by Gasteiger charge is 2.17. The third-order valence-corrected chi connectivity index (χ3v) is 4.77. The minimum Gasteiger partial charge on any atom is -0.489 e. The molecule has 1 aliphatic rings. The van der Waals surface area contributed by atoms with Crippen molar-refractivity contribution < 1.29 is 9.53 Å². The van der Waals surface area contributed by atoms with Crippen molar-refractivity contribution in [3.63, 3.8) is 0 Å². The summed E-state index contributed by atoms with van der Waals surface area (Å²) in [6.45, 7) is 3.46. The van der Waals surface area contributed by atoms with Gasteiger partial charge in [-0.05, 0) is 25.1 Å². The predicted molar refractivity (Wildman–Crippen MR) is 91.0 cm³/mol. The van der Waals surface area contributed by atoms with Gasteiger partial charge in [-0.3, -0.25) is 4.79 Å². The molecule has 4 nitrogen and oxygen atoms in total. The molecule has 1 aromatic rings. The first-order chi connectivity index (χ1) is 10.1. The number of carbonyl (C=O) groups is 1. The third kappa shape index (κ3) is 6.28. The Hall–Kier alpha value is -0.720. The molecule has 0 radical (unpaired) electrons. The maximum atomic E-state index is 11.9. The topological polar surface area (TPSA) is 50.4 Å². The normalized spacial score (nSPS) is 19.8. The Balaban J connectivity index is 1.68. The van der Waals surface area contributed by atoms with Crippen LogP contribution in [0.25, 0.3) is 0 Å². The smallest absolute Gasteiger partial charge is 0.221 e. The van der Waals surface area contributed by atoms with E-state index in [1.54, 1.807) is 0 Å². The van der Waals surface area contributed by atoms with Gasteiger partial charge < -0.3 is 15.4 Å². The molecular formula is C15H21BrN2O2S. The van der Waals surface area contributed by atoms with Crippen LogP contribution in [0.3, 0.4) is 0 Å². The van der Waals surface area contributed by atoms with Gasteiger partial charge >= 0.3 is 0 Å². The molecule has 2 unspecified atom stereocenters. The first-order valence-corrected chi connectivity index (χ1v) is 9.08. The van der Waals surface area contributed by atoms with Crippen LogP contribution in [-0.4, -0.2) is 42.6 Å². The zero-order valence-corrected chi connectivity index (χ0v) is 14.5. The van der Waals surface area contributed by atoms with E-state index in [0.717, 1.165) is 28.3 Å². The summed E-state index contributed by atoms with van der Waals surface area (Å²) >= 11 is 5.31. The van der Waals surface area contributed by atoms with Crippen molar-refractivity contribution in [1.29, 1.82) is 0 Å². The fourth-order valence-corrected chi connectivity index (χ4v) is 3.45. The molecule has 1 heterocycles. The average Bonchev–Trinajstić information content (AvgIpc) is 2.46. The molecule has 1 amide bonds. The van der Waals surface area contributed by atoms with Gasteiger partial charge in [0.05, 0.1) is 6.54 Å². The van der Waals surface area contributed by atoms with Crippen LogP contribution >= 0.6 is 27.7 Å². The lowest BCUT2D eigenvalue weighted by Gasteiger charge is -2.23. The Morgan fingerprint density at radius 1 is 1.62 bits per heavy atom. The van der Waals surface area contributed by atoms with E-state index >= 15 is 0 Å². The fourth-order valence-electron chi connectivity index (χ4n) is 2.12. The van der Waals surface area contributed by atoms with Crippen LogP contribution in [0.15, 0.2) is 28.7 Å². The van der Waals surface area contributed by atoms with Gasteiger partial charge in [-0.2, -0.15) is 11.8 Å². The third-order valence-electron chi connectivity index (χ3n) is 3.15. The largest absolute Gasteiger partial charge is 0.489 e. The van der Waals surface area contributed by atoms with E-state index in [1.807, 2.05) is 43.0 Å². The zero-order valence-electron chi connectivity index (χ0n) is 12.1. The summed E-state index contributed by atoms with van der Waals surface area (Å²) in [7, 11) is 0. The highest BCUT2D eigenvalue weighted by atomic mass is 79.9. The number of thioether (sulfide) groups is 1. The van der Waals surface area contributed by atoms with E-state index in [1.165, 1.54) is 0 Å². The number of nitrogens with one attached hydrogen (secondary N) is 2. The van der Waals surface area contributed by atoms with Crippen molar-refractivity contribution in [2.75, 3.05) is 24.6 Å². The molecule has 116 valence electrons. The van der Waals surface area contributed by atoms with Crippen molar-refractivity contribution in [2.45, 2.75) is 25.5 Å². The van der Waals surface area contributed by atoms with Gasteiger partial charge in [0.15, 0.2) is 0 Å². The lowest BCUT2D eigenvalue weighted by molar-refractivity contribution is -0.121. The zero-order chi connectivity index (χ0) is 15.1. The lowest BCUT2D eigenvalue weighted by Crippen LogP contribution is -2.42. The summed E-state index contributed by atoms with van der Waals surface area (Å²) in [6.07, 6.45) is 0.480. The van der Waals surface area contributed by atoms with Crippen molar-refractivity contribution in [1.82, 2.24) is 10.6 Å². The van der Waals surface area contributed by atoms with Crippen LogP contribution in [0, 0.1) is 0 Å². The SMILES string of the molecule is CC(CNC(=O)CC1CSCCN1)Oc1cccc(Br)c1. The number of ether oxygens (including phenoxy) is 1. The molecule has 21 heavy (non-hydrogen) atoms. The van der Waals surface area contributed by atoms with Gasteiger partial charge in [0.2, 0.25) is 5.91 Å². The number of halogens is 1. The van der Waals surface area contributed by atoms with Crippen LogP contribution < -0.4 is 15.4 Å². The molecule has 0 bridgehead atoms. The average molecular weight is 373 g/mol. The van der Waals surface area contributed by atoms with E-state index in [0.29, 0.717) is 19.0 Å². The van der Waals surface area contributed by atoms with Gasteiger partial charge in [-0.15, -0.1) is 0 Å². The Morgan fingerprint density at radius 3 is 3.19 bits per heavy atom. The van der Waals surface area contributed by atoms with Crippen LogP contribution in [0.2, 0.25) is 0 Å². The number of amides is 1. The van der Waals surface area contributed by atoms with Crippen LogP contribution in [0.5, 0.6) is 5.75 Å². The molecule has 1 aromatic carbocycles. The van der Waals surface area contributed by atoms with Crippen molar-refractivity contribution >= 4 is 33.6 Å². The van der Waals surface area contributed by atoms with E-state index in [2.05, 4.69) is 26.6 Å². The molecular weight excluding hydrogens is 352 g/mol. The molecule has 0 aromatic heterocycles. The second-order valence-electron chi connectivity index (χ2n) is 5.12. The maximum Gasteiger partial charge on any atom is 0.221 e. The molecule has 0 aliphatic carbocycles. The standard InChI is InChI=1S/C15H21BrN2O2S/c1-11(20-14-4-2-3-12(16)7-14)9-18-15(19)8-13-10-21-6-5-17-13/h2-4,7,11,13,17H,5-6,8-10H2,1H3,(H,18,19).